The second-order valence-electron chi connectivity index (χ2n) is 5.48. The minimum absolute atomic E-state index is 0.0596. The lowest BCUT2D eigenvalue weighted by molar-refractivity contribution is 0.0767. The first-order chi connectivity index (χ1) is 11.0. The second kappa shape index (κ2) is 6.24. The number of amides is 1. The van der Waals surface area contributed by atoms with Gasteiger partial charge in [0.15, 0.2) is 0 Å². The molecular weight excluding hydrogens is 301 g/mol. The molecule has 0 saturated carbocycles. The van der Waals surface area contributed by atoms with Crippen molar-refractivity contribution in [2.45, 2.75) is 19.4 Å². The number of rotatable bonds is 3. The zero-order chi connectivity index (χ0) is 16.4. The van der Waals surface area contributed by atoms with Crippen molar-refractivity contribution in [3.05, 3.63) is 64.0 Å². The van der Waals surface area contributed by atoms with Crippen LogP contribution in [0.1, 0.15) is 22.5 Å². The van der Waals surface area contributed by atoms with Gasteiger partial charge in [-0.2, -0.15) is 0 Å². The summed E-state index contributed by atoms with van der Waals surface area (Å²) in [7, 11) is 0. The van der Waals surface area contributed by atoms with Gasteiger partial charge >= 0.3 is 5.63 Å². The third-order valence-corrected chi connectivity index (χ3v) is 3.71. The topological polar surface area (TPSA) is 59.8 Å². The average Bonchev–Trinajstić information content (AvgIpc) is 2.94. The summed E-state index contributed by atoms with van der Waals surface area (Å²) in [6.07, 6.45) is 0.395. The fourth-order valence-corrected chi connectivity index (χ4v) is 2.65. The molecule has 0 unspecified atom stereocenters. The summed E-state index contributed by atoms with van der Waals surface area (Å²) in [4.78, 5) is 25.2. The fourth-order valence-electron chi connectivity index (χ4n) is 2.65. The lowest BCUT2D eigenvalue weighted by Gasteiger charge is -2.17. The van der Waals surface area contributed by atoms with Crippen molar-refractivity contribution < 1.29 is 18.3 Å². The Morgan fingerprint density at radius 3 is 2.87 bits per heavy atom. The number of halogens is 1. The summed E-state index contributed by atoms with van der Waals surface area (Å²) in [5.74, 6) is 0.00448. The molecule has 1 fully saturated rings. The van der Waals surface area contributed by atoms with Gasteiger partial charge in [0.25, 0.3) is 5.91 Å². The standard InChI is InChI=1S/C17H16FNO4/c1-11-8-13(9-16(20)22-11)23-12-6-7-19(10-12)17(21)14-4-2-3-5-15(14)18/h2-5,8-9,12H,6-7,10H2,1H3/t12-/m1/s1. The van der Waals surface area contributed by atoms with E-state index in [9.17, 15) is 14.0 Å². The molecule has 1 aliphatic rings. The molecule has 1 atom stereocenters. The predicted molar refractivity (Wildman–Crippen MR) is 81.1 cm³/mol. The second-order valence-corrected chi connectivity index (χ2v) is 5.48. The van der Waals surface area contributed by atoms with E-state index in [0.29, 0.717) is 31.0 Å². The molecule has 0 N–H and O–H groups in total. The highest BCUT2D eigenvalue weighted by Crippen LogP contribution is 2.20. The zero-order valence-corrected chi connectivity index (χ0v) is 12.6. The average molecular weight is 317 g/mol. The summed E-state index contributed by atoms with van der Waals surface area (Å²) in [5.41, 5.74) is -0.415. The molecule has 2 heterocycles. The molecule has 0 radical (unpaired) electrons. The Bertz CT molecular complexity index is 786. The van der Waals surface area contributed by atoms with Crippen LogP contribution in [0.4, 0.5) is 4.39 Å². The van der Waals surface area contributed by atoms with Gasteiger partial charge in [-0.15, -0.1) is 0 Å². The highest BCUT2D eigenvalue weighted by Gasteiger charge is 2.29. The maximum atomic E-state index is 13.7. The van der Waals surface area contributed by atoms with Gasteiger partial charge in [0, 0.05) is 19.0 Å². The van der Waals surface area contributed by atoms with Crippen LogP contribution < -0.4 is 10.4 Å². The minimum atomic E-state index is -0.529. The highest BCUT2D eigenvalue weighted by molar-refractivity contribution is 5.94. The quantitative estimate of drug-likeness (QED) is 0.872. The van der Waals surface area contributed by atoms with E-state index in [-0.39, 0.29) is 17.6 Å². The van der Waals surface area contributed by atoms with Crippen molar-refractivity contribution in [1.82, 2.24) is 4.90 Å². The molecular formula is C17H16FNO4. The van der Waals surface area contributed by atoms with Crippen molar-refractivity contribution in [1.29, 1.82) is 0 Å². The maximum absolute atomic E-state index is 13.7. The molecule has 23 heavy (non-hydrogen) atoms. The van der Waals surface area contributed by atoms with E-state index < -0.39 is 11.4 Å². The Morgan fingerprint density at radius 1 is 1.35 bits per heavy atom. The van der Waals surface area contributed by atoms with Crippen LogP contribution in [0, 0.1) is 12.7 Å². The molecule has 120 valence electrons. The molecule has 2 aromatic rings. The van der Waals surface area contributed by atoms with Gasteiger partial charge in [-0.1, -0.05) is 12.1 Å². The van der Waals surface area contributed by atoms with Gasteiger partial charge in [-0.25, -0.2) is 9.18 Å². The molecule has 5 nitrogen and oxygen atoms in total. The number of ether oxygens (including phenoxy) is 1. The number of nitrogens with zero attached hydrogens (tertiary/aromatic N) is 1. The van der Waals surface area contributed by atoms with Gasteiger partial charge in [-0.3, -0.25) is 4.79 Å². The smallest absolute Gasteiger partial charge is 0.339 e. The molecule has 1 aromatic heterocycles. The Labute approximate surface area is 132 Å². The summed E-state index contributed by atoms with van der Waals surface area (Å²) in [6.45, 7) is 2.50. The van der Waals surface area contributed by atoms with Crippen LogP contribution in [0.2, 0.25) is 0 Å². The van der Waals surface area contributed by atoms with Gasteiger partial charge in [0.2, 0.25) is 0 Å². The van der Waals surface area contributed by atoms with E-state index in [2.05, 4.69) is 0 Å². The number of likely N-dealkylation sites (tertiary alicyclic amines) is 1. The summed E-state index contributed by atoms with van der Waals surface area (Å²) in [5, 5.41) is 0. The molecule has 3 rings (SSSR count). The molecule has 1 saturated heterocycles. The van der Waals surface area contributed by atoms with Gasteiger partial charge in [0.05, 0.1) is 18.2 Å². The molecule has 1 amide bonds. The van der Waals surface area contributed by atoms with E-state index in [4.69, 9.17) is 9.15 Å². The molecule has 6 heteroatoms. The van der Waals surface area contributed by atoms with Gasteiger partial charge < -0.3 is 14.1 Å². The van der Waals surface area contributed by atoms with Crippen molar-refractivity contribution >= 4 is 5.91 Å². The first kappa shape index (κ1) is 15.3. The normalized spacial score (nSPS) is 17.3. The Kier molecular flexibility index (Phi) is 4.14. The lowest BCUT2D eigenvalue weighted by Crippen LogP contribution is -2.31. The first-order valence-electron chi connectivity index (χ1n) is 7.35. The number of carbonyl (C=O) groups is 1. The van der Waals surface area contributed by atoms with Crippen LogP contribution in [0.25, 0.3) is 0 Å². The van der Waals surface area contributed by atoms with Crippen LogP contribution in [0.15, 0.2) is 45.6 Å². The van der Waals surface area contributed by atoms with Crippen LogP contribution in [0.3, 0.4) is 0 Å². The number of aryl methyl sites for hydroxylation is 1. The third-order valence-electron chi connectivity index (χ3n) is 3.71. The Balaban J connectivity index is 1.68. The van der Waals surface area contributed by atoms with E-state index in [1.165, 1.54) is 18.2 Å². The van der Waals surface area contributed by atoms with E-state index in [1.807, 2.05) is 0 Å². The molecule has 1 aliphatic heterocycles. The van der Waals surface area contributed by atoms with Crippen LogP contribution in [-0.4, -0.2) is 30.0 Å². The number of carbonyl (C=O) groups excluding carboxylic acids is 1. The van der Waals surface area contributed by atoms with E-state index in [1.54, 1.807) is 30.0 Å². The number of hydrogen-bond acceptors (Lipinski definition) is 4. The monoisotopic (exact) mass is 317 g/mol. The van der Waals surface area contributed by atoms with Crippen LogP contribution >= 0.6 is 0 Å². The highest BCUT2D eigenvalue weighted by atomic mass is 19.1. The number of benzene rings is 1. The fraction of sp³-hybridized carbons (Fsp3) is 0.294. The first-order valence-corrected chi connectivity index (χ1v) is 7.35. The Morgan fingerprint density at radius 2 is 2.13 bits per heavy atom. The largest absolute Gasteiger partial charge is 0.488 e. The lowest BCUT2D eigenvalue weighted by atomic mass is 10.2. The molecule has 0 spiro atoms. The minimum Gasteiger partial charge on any atom is -0.488 e. The van der Waals surface area contributed by atoms with Crippen LogP contribution in [0.5, 0.6) is 5.75 Å². The molecule has 1 aromatic carbocycles. The molecule has 0 aliphatic carbocycles. The molecule has 0 bridgehead atoms. The van der Waals surface area contributed by atoms with Gasteiger partial charge in [0.1, 0.15) is 23.4 Å². The van der Waals surface area contributed by atoms with E-state index >= 15 is 0 Å². The summed E-state index contributed by atoms with van der Waals surface area (Å²) < 4.78 is 24.3. The van der Waals surface area contributed by atoms with Crippen LogP contribution in [-0.2, 0) is 0 Å². The summed E-state index contributed by atoms with van der Waals surface area (Å²) >= 11 is 0. The maximum Gasteiger partial charge on any atom is 0.339 e. The van der Waals surface area contributed by atoms with Crippen molar-refractivity contribution in [2.24, 2.45) is 0 Å². The van der Waals surface area contributed by atoms with Gasteiger partial charge in [-0.05, 0) is 19.1 Å². The zero-order valence-electron chi connectivity index (χ0n) is 12.6. The van der Waals surface area contributed by atoms with Crippen molar-refractivity contribution in [3.63, 3.8) is 0 Å². The predicted octanol–water partition coefficient (Wildman–Crippen LogP) is 2.38. The SMILES string of the molecule is Cc1cc(O[C@@H]2CCN(C(=O)c3ccccc3F)C2)cc(=O)o1. The van der Waals surface area contributed by atoms with Crippen molar-refractivity contribution in [3.8, 4) is 5.75 Å². The number of hydrogen-bond donors (Lipinski definition) is 0. The third kappa shape index (κ3) is 3.41. The Hall–Kier alpha value is -2.63. The van der Waals surface area contributed by atoms with Crippen molar-refractivity contribution in [2.75, 3.05) is 13.1 Å². The van der Waals surface area contributed by atoms with E-state index in [0.717, 1.165) is 0 Å². The summed E-state index contributed by atoms with van der Waals surface area (Å²) in [6, 6.07) is 8.82.